The number of hydrogen-bond acceptors (Lipinski definition) is 1. The van der Waals surface area contributed by atoms with Crippen LogP contribution in [0.15, 0.2) is 48.7 Å². The van der Waals surface area contributed by atoms with Crippen LogP contribution < -0.4 is 0 Å². The van der Waals surface area contributed by atoms with Crippen molar-refractivity contribution < 1.29 is 4.74 Å². The fourth-order valence-electron chi connectivity index (χ4n) is 2.22. The maximum absolute atomic E-state index is 5.25. The third-order valence-corrected chi connectivity index (χ3v) is 2.91. The topological polar surface area (TPSA) is 13.6 Å². The smallest absolute Gasteiger partial charge is 0.0733 e. The first-order chi connectivity index (χ1) is 7.90. The van der Waals surface area contributed by atoms with Crippen molar-refractivity contribution in [3.05, 3.63) is 54.2 Å². The van der Waals surface area contributed by atoms with Crippen LogP contribution in [0.25, 0.3) is 16.4 Å². The molecule has 0 fully saturated rings. The number of fused-ring (bicyclic) bond motifs is 3. The molecule has 0 aliphatic carbocycles. The number of nitrogens with zero attached hydrogens (tertiary/aromatic N) is 1. The van der Waals surface area contributed by atoms with Crippen LogP contribution in [-0.2, 0) is 11.3 Å². The largest absolute Gasteiger partial charge is 0.380 e. The van der Waals surface area contributed by atoms with Crippen LogP contribution in [0.4, 0.5) is 0 Å². The summed E-state index contributed by atoms with van der Waals surface area (Å²) in [6.07, 6.45) is 2.09. The van der Waals surface area contributed by atoms with Gasteiger partial charge in [0.25, 0.3) is 0 Å². The number of rotatable bonds is 2. The first-order valence-electron chi connectivity index (χ1n) is 5.37. The number of aromatic nitrogens is 1. The van der Waals surface area contributed by atoms with Crippen molar-refractivity contribution in [2.45, 2.75) is 6.61 Å². The van der Waals surface area contributed by atoms with E-state index in [1.54, 1.807) is 7.11 Å². The van der Waals surface area contributed by atoms with Crippen LogP contribution in [-0.4, -0.2) is 11.5 Å². The molecule has 0 aliphatic rings. The minimum Gasteiger partial charge on any atom is -0.380 e. The molecule has 2 aromatic heterocycles. The van der Waals surface area contributed by atoms with E-state index >= 15 is 0 Å². The van der Waals surface area contributed by atoms with Crippen molar-refractivity contribution in [3.63, 3.8) is 0 Å². The summed E-state index contributed by atoms with van der Waals surface area (Å²) in [5.41, 5.74) is 3.68. The summed E-state index contributed by atoms with van der Waals surface area (Å²) in [5.74, 6) is 0. The van der Waals surface area contributed by atoms with Gasteiger partial charge < -0.3 is 9.14 Å². The van der Waals surface area contributed by atoms with Crippen molar-refractivity contribution in [3.8, 4) is 0 Å². The van der Waals surface area contributed by atoms with Gasteiger partial charge in [-0.15, -0.1) is 0 Å². The Hall–Kier alpha value is -1.80. The summed E-state index contributed by atoms with van der Waals surface area (Å²) in [6, 6.07) is 14.8. The number of para-hydroxylation sites is 1. The third-order valence-electron chi connectivity index (χ3n) is 2.91. The van der Waals surface area contributed by atoms with Gasteiger partial charge >= 0.3 is 0 Å². The van der Waals surface area contributed by atoms with E-state index in [2.05, 4.69) is 53.1 Å². The first kappa shape index (κ1) is 9.43. The Kier molecular flexibility index (Phi) is 2.15. The van der Waals surface area contributed by atoms with Crippen molar-refractivity contribution in [1.29, 1.82) is 0 Å². The fraction of sp³-hybridized carbons (Fsp3) is 0.143. The fourth-order valence-corrected chi connectivity index (χ4v) is 2.22. The summed E-state index contributed by atoms with van der Waals surface area (Å²) < 4.78 is 7.46. The van der Waals surface area contributed by atoms with E-state index in [1.165, 1.54) is 22.0 Å². The van der Waals surface area contributed by atoms with Crippen molar-refractivity contribution in [1.82, 2.24) is 4.40 Å². The molecule has 0 radical (unpaired) electrons. The number of benzene rings is 1. The van der Waals surface area contributed by atoms with E-state index in [0.717, 1.165) is 0 Å². The van der Waals surface area contributed by atoms with Gasteiger partial charge in [-0.1, -0.05) is 24.3 Å². The second kappa shape index (κ2) is 3.65. The molecule has 0 saturated carbocycles. The Morgan fingerprint density at radius 1 is 1.06 bits per heavy atom. The molecular weight excluding hydrogens is 198 g/mol. The minimum atomic E-state index is 0.647. The van der Waals surface area contributed by atoms with Gasteiger partial charge in [0.1, 0.15) is 0 Å². The highest BCUT2D eigenvalue weighted by molar-refractivity contribution is 5.85. The maximum Gasteiger partial charge on any atom is 0.0733 e. The zero-order valence-corrected chi connectivity index (χ0v) is 9.18. The molecule has 0 aliphatic heterocycles. The maximum atomic E-state index is 5.25. The monoisotopic (exact) mass is 211 g/mol. The Labute approximate surface area is 94.1 Å². The number of hydrogen-bond donors (Lipinski definition) is 0. The average molecular weight is 211 g/mol. The van der Waals surface area contributed by atoms with E-state index in [0.29, 0.717) is 6.61 Å². The highest BCUT2D eigenvalue weighted by Gasteiger charge is 2.04. The molecule has 0 saturated heterocycles. The van der Waals surface area contributed by atoms with Crippen LogP contribution in [0.5, 0.6) is 0 Å². The van der Waals surface area contributed by atoms with Crippen LogP contribution in [0.1, 0.15) is 5.56 Å². The SMILES string of the molecule is COCc1cccc2ccc3cccn3c12. The van der Waals surface area contributed by atoms with Crippen LogP contribution >= 0.6 is 0 Å². The summed E-state index contributed by atoms with van der Waals surface area (Å²) in [4.78, 5) is 0. The molecule has 0 amide bonds. The van der Waals surface area contributed by atoms with Gasteiger partial charge in [0.15, 0.2) is 0 Å². The van der Waals surface area contributed by atoms with Gasteiger partial charge in [0.2, 0.25) is 0 Å². The lowest BCUT2D eigenvalue weighted by Crippen LogP contribution is -1.94. The zero-order chi connectivity index (χ0) is 11.0. The van der Waals surface area contributed by atoms with Crippen LogP contribution in [0, 0.1) is 0 Å². The third kappa shape index (κ3) is 1.31. The van der Waals surface area contributed by atoms with Gasteiger partial charge in [-0.25, -0.2) is 0 Å². The summed E-state index contributed by atoms with van der Waals surface area (Å²) in [7, 11) is 1.73. The predicted octanol–water partition coefficient (Wildman–Crippen LogP) is 3.24. The van der Waals surface area contributed by atoms with Gasteiger partial charge in [-0.2, -0.15) is 0 Å². The van der Waals surface area contributed by atoms with E-state index < -0.39 is 0 Å². The van der Waals surface area contributed by atoms with Crippen LogP contribution in [0.2, 0.25) is 0 Å². The van der Waals surface area contributed by atoms with E-state index in [9.17, 15) is 0 Å². The highest BCUT2D eigenvalue weighted by Crippen LogP contribution is 2.21. The lowest BCUT2D eigenvalue weighted by molar-refractivity contribution is 0.186. The lowest BCUT2D eigenvalue weighted by Gasteiger charge is -2.08. The Bertz CT molecular complexity index is 639. The normalized spacial score (nSPS) is 11.3. The highest BCUT2D eigenvalue weighted by atomic mass is 16.5. The van der Waals surface area contributed by atoms with Gasteiger partial charge in [0.05, 0.1) is 12.1 Å². The van der Waals surface area contributed by atoms with Crippen molar-refractivity contribution in [2.75, 3.05) is 7.11 Å². The zero-order valence-electron chi connectivity index (χ0n) is 9.18. The van der Waals surface area contributed by atoms with E-state index in [1.807, 2.05) is 0 Å². The second-order valence-corrected chi connectivity index (χ2v) is 3.92. The number of methoxy groups -OCH3 is 1. The molecule has 0 bridgehead atoms. The molecule has 3 rings (SSSR count). The molecule has 2 heteroatoms. The standard InChI is InChI=1S/C14H13NO/c1-16-10-12-5-2-4-11-7-8-13-6-3-9-15(13)14(11)12/h2-9H,10H2,1H3. The van der Waals surface area contributed by atoms with E-state index in [4.69, 9.17) is 4.74 Å². The number of ether oxygens (including phenoxy) is 1. The van der Waals surface area contributed by atoms with Gasteiger partial charge in [-0.3, -0.25) is 0 Å². The predicted molar refractivity (Wildman–Crippen MR) is 65.6 cm³/mol. The molecule has 2 nitrogen and oxygen atoms in total. The Morgan fingerprint density at radius 2 is 2.00 bits per heavy atom. The van der Waals surface area contributed by atoms with Gasteiger partial charge in [-0.05, 0) is 23.6 Å². The molecule has 3 aromatic rings. The molecule has 0 spiro atoms. The molecule has 0 unspecified atom stereocenters. The Morgan fingerprint density at radius 3 is 2.88 bits per heavy atom. The molecular formula is C14H13NO. The lowest BCUT2D eigenvalue weighted by atomic mass is 10.1. The summed E-state index contributed by atoms with van der Waals surface area (Å²) in [6.45, 7) is 0.647. The average Bonchev–Trinajstić information content (AvgIpc) is 2.77. The molecule has 0 N–H and O–H groups in total. The molecule has 2 heterocycles. The number of pyridine rings is 1. The molecule has 1 aromatic carbocycles. The summed E-state index contributed by atoms with van der Waals surface area (Å²) >= 11 is 0. The van der Waals surface area contributed by atoms with Gasteiger partial charge in [0, 0.05) is 24.4 Å². The molecule has 16 heavy (non-hydrogen) atoms. The molecule has 80 valence electrons. The quantitative estimate of drug-likeness (QED) is 0.634. The second-order valence-electron chi connectivity index (χ2n) is 3.92. The Balaban J connectivity index is 2.44. The van der Waals surface area contributed by atoms with Crippen molar-refractivity contribution in [2.24, 2.45) is 0 Å². The molecule has 0 atom stereocenters. The van der Waals surface area contributed by atoms with E-state index in [-0.39, 0.29) is 0 Å². The van der Waals surface area contributed by atoms with Crippen LogP contribution in [0.3, 0.4) is 0 Å². The summed E-state index contributed by atoms with van der Waals surface area (Å²) in [5, 5.41) is 1.25. The van der Waals surface area contributed by atoms with Crippen molar-refractivity contribution >= 4 is 16.4 Å². The first-order valence-corrected chi connectivity index (χ1v) is 5.37. The minimum absolute atomic E-state index is 0.647.